The molecule has 0 saturated heterocycles. The third-order valence-electron chi connectivity index (χ3n) is 2.32. The van der Waals surface area contributed by atoms with Gasteiger partial charge in [-0.15, -0.1) is 28.1 Å². The average Bonchev–Trinajstić information content (AvgIpc) is 2.33. The second-order valence-electron chi connectivity index (χ2n) is 3.70. The number of halogens is 2. The molecule has 0 radical (unpaired) electrons. The van der Waals surface area contributed by atoms with Crippen LogP contribution >= 0.6 is 23.2 Å². The molecule has 7 heteroatoms. The summed E-state index contributed by atoms with van der Waals surface area (Å²) < 4.78 is 0. The lowest BCUT2D eigenvalue weighted by molar-refractivity contribution is 0.165. The molecule has 100 valence electrons. The highest BCUT2D eigenvalue weighted by molar-refractivity contribution is 6.18. The fourth-order valence-electron chi connectivity index (χ4n) is 1.30. The molecule has 0 saturated carbocycles. The van der Waals surface area contributed by atoms with Crippen molar-refractivity contribution in [3.8, 4) is 0 Å². The maximum Gasteiger partial charge on any atom is 0.342 e. The summed E-state index contributed by atoms with van der Waals surface area (Å²) in [7, 11) is 1.59. The molecule has 0 heterocycles. The lowest BCUT2D eigenvalue weighted by Gasteiger charge is -2.21. The van der Waals surface area contributed by atoms with Crippen LogP contribution in [-0.2, 0) is 0 Å². The van der Waals surface area contributed by atoms with Gasteiger partial charge in [0.2, 0.25) is 0 Å². The first-order valence-corrected chi connectivity index (χ1v) is 6.72. The van der Waals surface area contributed by atoms with E-state index < -0.39 is 6.03 Å². The van der Waals surface area contributed by atoms with Crippen molar-refractivity contribution in [1.29, 1.82) is 0 Å². The van der Waals surface area contributed by atoms with Crippen LogP contribution in [0.4, 0.5) is 4.79 Å². The fraction of sp³-hybridized carbons (Fsp3) is 0.900. The predicted molar refractivity (Wildman–Crippen MR) is 70.4 cm³/mol. The molecule has 0 N–H and O–H groups in total. The lowest BCUT2D eigenvalue weighted by Crippen LogP contribution is -2.39. The van der Waals surface area contributed by atoms with E-state index in [1.54, 1.807) is 7.05 Å². The van der Waals surface area contributed by atoms with Crippen LogP contribution in [-0.4, -0.2) is 47.8 Å². The van der Waals surface area contributed by atoms with Crippen LogP contribution in [0.2, 0.25) is 0 Å². The molecule has 0 aromatic heterocycles. The summed E-state index contributed by atoms with van der Waals surface area (Å²) in [5.74, 6) is 0.984. The molecule has 0 aromatic carbocycles. The van der Waals surface area contributed by atoms with Gasteiger partial charge in [-0.25, -0.2) is 4.79 Å². The largest absolute Gasteiger partial charge is 0.342 e. The molecule has 0 aromatic rings. The highest BCUT2D eigenvalue weighted by atomic mass is 35.5. The number of hydrogen-bond acceptors (Lipinski definition) is 3. The van der Waals surface area contributed by atoms with Crippen LogP contribution in [0.15, 0.2) is 5.29 Å². The quantitative estimate of drug-likeness (QED) is 0.283. The molecule has 0 aliphatic carbocycles. The van der Waals surface area contributed by atoms with Crippen molar-refractivity contribution in [2.24, 2.45) is 5.29 Å². The number of hydrogen-bond donors (Lipinski definition) is 0. The zero-order chi connectivity index (χ0) is 13.1. The molecule has 0 fully saturated rings. The van der Waals surface area contributed by atoms with E-state index in [9.17, 15) is 9.70 Å². The van der Waals surface area contributed by atoms with Gasteiger partial charge in [-0.1, -0.05) is 12.8 Å². The molecule has 0 aliphatic rings. The molecule has 0 spiro atoms. The Morgan fingerprint density at radius 3 is 2.24 bits per heavy atom. The summed E-state index contributed by atoms with van der Waals surface area (Å²) in [6.07, 6.45) is 3.65. The smallest absolute Gasteiger partial charge is 0.325 e. The van der Waals surface area contributed by atoms with E-state index in [0.717, 1.165) is 30.7 Å². The number of urea groups is 1. The zero-order valence-corrected chi connectivity index (χ0v) is 11.6. The molecule has 0 bridgehead atoms. The number of nitroso groups, excluding NO2 is 1. The Hall–Kier alpha value is -0.550. The zero-order valence-electron chi connectivity index (χ0n) is 10.1. The minimum Gasteiger partial charge on any atom is -0.325 e. The minimum atomic E-state index is -0.405. The van der Waals surface area contributed by atoms with Crippen molar-refractivity contribution in [2.45, 2.75) is 25.7 Å². The number of carbonyl (C=O) groups is 1. The van der Waals surface area contributed by atoms with Gasteiger partial charge >= 0.3 is 6.03 Å². The van der Waals surface area contributed by atoms with Crippen molar-refractivity contribution >= 4 is 29.2 Å². The van der Waals surface area contributed by atoms with Crippen molar-refractivity contribution in [3.05, 3.63) is 4.91 Å². The molecule has 0 atom stereocenters. The van der Waals surface area contributed by atoms with Crippen LogP contribution in [0.25, 0.3) is 0 Å². The topological polar surface area (TPSA) is 53.0 Å². The van der Waals surface area contributed by atoms with E-state index in [1.165, 1.54) is 4.90 Å². The van der Waals surface area contributed by atoms with Crippen LogP contribution < -0.4 is 0 Å². The minimum absolute atomic E-state index is 0.338. The van der Waals surface area contributed by atoms with Crippen molar-refractivity contribution in [3.63, 3.8) is 0 Å². The summed E-state index contributed by atoms with van der Waals surface area (Å²) in [4.78, 5) is 23.6. The Bertz CT molecular complexity index is 230. The number of unbranched alkanes of at least 4 members (excludes halogenated alkanes) is 3. The van der Waals surface area contributed by atoms with Gasteiger partial charge in [0.1, 0.15) is 0 Å². The number of rotatable bonds is 9. The number of amides is 2. The first-order chi connectivity index (χ1) is 8.17. The van der Waals surface area contributed by atoms with Crippen LogP contribution in [0.3, 0.4) is 0 Å². The van der Waals surface area contributed by atoms with Crippen molar-refractivity contribution < 1.29 is 4.79 Å². The predicted octanol–water partition coefficient (Wildman–Crippen LogP) is 3.06. The Labute approximate surface area is 112 Å². The van der Waals surface area contributed by atoms with Gasteiger partial charge in [0.15, 0.2) is 0 Å². The molecular formula is C10H19Cl2N3O2. The monoisotopic (exact) mass is 283 g/mol. The third-order valence-corrected chi connectivity index (χ3v) is 2.76. The van der Waals surface area contributed by atoms with E-state index in [4.69, 9.17) is 23.2 Å². The Morgan fingerprint density at radius 1 is 1.06 bits per heavy atom. The third kappa shape index (κ3) is 7.39. The van der Waals surface area contributed by atoms with Crippen molar-refractivity contribution in [2.75, 3.05) is 31.9 Å². The molecule has 0 unspecified atom stereocenters. The van der Waals surface area contributed by atoms with E-state index in [1.807, 2.05) is 0 Å². The lowest BCUT2D eigenvalue weighted by atomic mass is 10.2. The van der Waals surface area contributed by atoms with E-state index in [2.05, 4.69) is 5.29 Å². The Kier molecular flexibility index (Phi) is 10.3. The maximum absolute atomic E-state index is 11.7. The first-order valence-electron chi connectivity index (χ1n) is 5.65. The maximum atomic E-state index is 11.7. The van der Waals surface area contributed by atoms with E-state index >= 15 is 0 Å². The molecular weight excluding hydrogens is 265 g/mol. The summed E-state index contributed by atoms with van der Waals surface area (Å²) in [5.41, 5.74) is 0. The van der Waals surface area contributed by atoms with Crippen LogP contribution in [0.5, 0.6) is 0 Å². The summed E-state index contributed by atoms with van der Waals surface area (Å²) in [5, 5.41) is 3.67. The normalized spacial score (nSPS) is 10.1. The highest BCUT2D eigenvalue weighted by Crippen LogP contribution is 2.05. The second-order valence-corrected chi connectivity index (χ2v) is 4.46. The van der Waals surface area contributed by atoms with Crippen molar-refractivity contribution in [1.82, 2.24) is 9.91 Å². The molecule has 0 aliphatic heterocycles. The fourth-order valence-corrected chi connectivity index (χ4v) is 1.74. The van der Waals surface area contributed by atoms with E-state index in [-0.39, 0.29) is 0 Å². The highest BCUT2D eigenvalue weighted by Gasteiger charge is 2.17. The first kappa shape index (κ1) is 16.4. The SMILES string of the molecule is CN(CCCl)C(=O)N(CCCCCCCl)N=O. The number of alkyl halides is 2. The van der Waals surface area contributed by atoms with Crippen LogP contribution in [0.1, 0.15) is 25.7 Å². The van der Waals surface area contributed by atoms with Crippen LogP contribution in [0, 0.1) is 4.91 Å². The van der Waals surface area contributed by atoms with Gasteiger partial charge in [-0.2, -0.15) is 5.01 Å². The van der Waals surface area contributed by atoms with E-state index in [0.29, 0.717) is 24.8 Å². The van der Waals surface area contributed by atoms with Gasteiger partial charge in [-0.3, -0.25) is 0 Å². The standard InChI is InChI=1S/C10H19Cl2N3O2/c1-14(9-7-12)10(16)15(13-17)8-5-3-2-4-6-11/h2-9H2,1H3. The molecule has 0 rings (SSSR count). The molecule has 2 amide bonds. The van der Waals surface area contributed by atoms with Gasteiger partial charge in [-0.05, 0) is 12.8 Å². The number of carbonyl (C=O) groups excluding carboxylic acids is 1. The molecule has 17 heavy (non-hydrogen) atoms. The number of nitrogens with zero attached hydrogens (tertiary/aromatic N) is 3. The van der Waals surface area contributed by atoms with Gasteiger partial charge in [0.25, 0.3) is 0 Å². The summed E-state index contributed by atoms with van der Waals surface area (Å²) >= 11 is 11.1. The second kappa shape index (κ2) is 10.6. The average molecular weight is 284 g/mol. The Morgan fingerprint density at radius 2 is 1.71 bits per heavy atom. The van der Waals surface area contributed by atoms with Gasteiger partial charge in [0, 0.05) is 31.9 Å². The Balaban J connectivity index is 3.89. The summed E-state index contributed by atoms with van der Waals surface area (Å²) in [6, 6.07) is -0.405. The van der Waals surface area contributed by atoms with Gasteiger partial charge < -0.3 is 4.90 Å². The molecule has 5 nitrogen and oxygen atoms in total. The van der Waals surface area contributed by atoms with Gasteiger partial charge in [0.05, 0.1) is 5.29 Å². The summed E-state index contributed by atoms with van der Waals surface area (Å²) in [6.45, 7) is 0.746.